The van der Waals surface area contributed by atoms with Gasteiger partial charge in [0.05, 0.1) is 13.2 Å². The van der Waals surface area contributed by atoms with Crippen molar-refractivity contribution in [2.75, 3.05) is 13.2 Å². The van der Waals surface area contributed by atoms with E-state index in [-0.39, 0.29) is 18.8 Å². The summed E-state index contributed by atoms with van der Waals surface area (Å²) in [5.41, 5.74) is 0.176. The fraction of sp³-hybridized carbons (Fsp3) is 0.167. The molecule has 0 spiro atoms. The van der Waals surface area contributed by atoms with Crippen molar-refractivity contribution in [3.8, 4) is 11.5 Å². The Labute approximate surface area is 136 Å². The molecule has 2 rings (SSSR count). The molecular weight excluding hydrogens is 296 g/mol. The molecule has 5 heteroatoms. The van der Waals surface area contributed by atoms with Gasteiger partial charge in [0, 0.05) is 5.57 Å². The van der Waals surface area contributed by atoms with Crippen molar-refractivity contribution in [3.63, 3.8) is 0 Å². The van der Waals surface area contributed by atoms with Crippen LogP contribution >= 0.6 is 0 Å². The highest BCUT2D eigenvalue weighted by Gasteiger charge is 1.92. The largest absolute Gasteiger partial charge is 0.478 e. The molecule has 0 aliphatic heterocycles. The summed E-state index contributed by atoms with van der Waals surface area (Å²) < 4.78 is 5.58. The van der Waals surface area contributed by atoms with Gasteiger partial charge in [0.2, 0.25) is 0 Å². The number of carboxylic acid groups (broad SMARTS) is 1. The summed E-state index contributed by atoms with van der Waals surface area (Å²) >= 11 is 0. The lowest BCUT2D eigenvalue weighted by Gasteiger charge is -2.03. The molecule has 0 aliphatic carbocycles. The molecule has 0 aromatic heterocycles. The first-order valence-corrected chi connectivity index (χ1v) is 6.89. The van der Waals surface area contributed by atoms with Crippen LogP contribution in [-0.4, -0.2) is 34.5 Å². The van der Waals surface area contributed by atoms with Gasteiger partial charge in [-0.15, -0.1) is 0 Å². The van der Waals surface area contributed by atoms with Gasteiger partial charge in [-0.3, -0.25) is 0 Å². The zero-order chi connectivity index (χ0) is 17.5. The maximum Gasteiger partial charge on any atom is 0.330 e. The van der Waals surface area contributed by atoms with E-state index in [0.717, 1.165) is 11.5 Å². The van der Waals surface area contributed by atoms with E-state index in [2.05, 4.69) is 6.58 Å². The second kappa shape index (κ2) is 13.1. The van der Waals surface area contributed by atoms with Crippen LogP contribution in [0, 0.1) is 0 Å². The summed E-state index contributed by atoms with van der Waals surface area (Å²) in [4.78, 5) is 9.60. The topological polar surface area (TPSA) is 87.0 Å². The van der Waals surface area contributed by atoms with Gasteiger partial charge in [-0.25, -0.2) is 4.79 Å². The Morgan fingerprint density at radius 3 is 1.43 bits per heavy atom. The monoisotopic (exact) mass is 318 g/mol. The molecule has 0 saturated carbocycles. The molecule has 3 N–H and O–H groups in total. The second-order valence-electron chi connectivity index (χ2n) is 4.26. The van der Waals surface area contributed by atoms with Crippen LogP contribution in [0.5, 0.6) is 11.5 Å². The van der Waals surface area contributed by atoms with Crippen molar-refractivity contribution >= 4 is 5.97 Å². The SMILES string of the molecule is C=C(C)C(=O)O.OCCO.c1ccc(Oc2ccccc2)cc1. The average molecular weight is 318 g/mol. The Bertz CT molecular complexity index is 501. The van der Waals surface area contributed by atoms with Crippen LogP contribution < -0.4 is 4.74 Å². The zero-order valence-electron chi connectivity index (χ0n) is 13.1. The molecule has 0 heterocycles. The van der Waals surface area contributed by atoms with Crippen LogP contribution in [0.1, 0.15) is 6.92 Å². The number of ether oxygens (including phenoxy) is 1. The molecule has 0 amide bonds. The number of carboxylic acids is 1. The molecule has 0 bridgehead atoms. The van der Waals surface area contributed by atoms with Gasteiger partial charge in [0.25, 0.3) is 0 Å². The first kappa shape index (κ1) is 20.4. The minimum Gasteiger partial charge on any atom is -0.478 e. The molecule has 0 radical (unpaired) electrons. The third-order valence-corrected chi connectivity index (χ3v) is 2.19. The molecule has 2 aromatic rings. The summed E-state index contributed by atoms with van der Waals surface area (Å²) in [7, 11) is 0. The number of rotatable bonds is 4. The fourth-order valence-corrected chi connectivity index (χ4v) is 1.11. The van der Waals surface area contributed by atoms with E-state index in [0.29, 0.717) is 0 Å². The number of benzene rings is 2. The van der Waals surface area contributed by atoms with Crippen molar-refractivity contribution in [3.05, 3.63) is 72.8 Å². The lowest BCUT2D eigenvalue weighted by molar-refractivity contribution is -0.132. The van der Waals surface area contributed by atoms with Gasteiger partial charge in [-0.05, 0) is 31.2 Å². The Morgan fingerprint density at radius 1 is 0.913 bits per heavy atom. The first-order valence-electron chi connectivity index (χ1n) is 6.89. The van der Waals surface area contributed by atoms with Gasteiger partial charge in [-0.2, -0.15) is 0 Å². The molecule has 124 valence electrons. The third kappa shape index (κ3) is 11.7. The van der Waals surface area contributed by atoms with E-state index in [4.69, 9.17) is 20.1 Å². The third-order valence-electron chi connectivity index (χ3n) is 2.19. The van der Waals surface area contributed by atoms with Crippen LogP contribution in [0.25, 0.3) is 0 Å². The van der Waals surface area contributed by atoms with E-state index < -0.39 is 5.97 Å². The van der Waals surface area contributed by atoms with Crippen molar-refractivity contribution in [2.45, 2.75) is 6.92 Å². The van der Waals surface area contributed by atoms with Crippen molar-refractivity contribution in [1.82, 2.24) is 0 Å². The predicted octanol–water partition coefficient (Wildman–Crippen LogP) is 3.10. The molecule has 23 heavy (non-hydrogen) atoms. The van der Waals surface area contributed by atoms with Crippen molar-refractivity contribution in [1.29, 1.82) is 0 Å². The normalized spacial score (nSPS) is 8.65. The number of aliphatic carboxylic acids is 1. The summed E-state index contributed by atoms with van der Waals surface area (Å²) in [6, 6.07) is 19.5. The number of para-hydroxylation sites is 2. The summed E-state index contributed by atoms with van der Waals surface area (Å²) in [6.07, 6.45) is 0. The van der Waals surface area contributed by atoms with Crippen LogP contribution in [0.2, 0.25) is 0 Å². The van der Waals surface area contributed by atoms with Gasteiger partial charge in [0.1, 0.15) is 11.5 Å². The average Bonchev–Trinajstić information content (AvgIpc) is 2.57. The van der Waals surface area contributed by atoms with Crippen LogP contribution in [0.4, 0.5) is 0 Å². The molecule has 0 saturated heterocycles. The Kier molecular flexibility index (Phi) is 11.6. The number of hydrogen-bond donors (Lipinski definition) is 3. The standard InChI is InChI=1S/C12H10O.C4H6O2.C2H6O2/c1-3-7-11(8-4-1)13-12-9-5-2-6-10-12;1-3(2)4(5)6;3-1-2-4/h1-10H;1H2,2H3,(H,5,6);3-4H,1-2H2. The minimum absolute atomic E-state index is 0.125. The van der Waals surface area contributed by atoms with Crippen LogP contribution in [0.3, 0.4) is 0 Å². The maximum atomic E-state index is 9.60. The Balaban J connectivity index is 0.000000407. The van der Waals surface area contributed by atoms with Gasteiger partial charge in [0.15, 0.2) is 0 Å². The fourth-order valence-electron chi connectivity index (χ4n) is 1.11. The molecule has 0 aliphatic rings. The Hall–Kier alpha value is -2.63. The quantitative estimate of drug-likeness (QED) is 0.754. The lowest BCUT2D eigenvalue weighted by atomic mass is 10.3. The minimum atomic E-state index is -0.935. The molecule has 5 nitrogen and oxygen atoms in total. The van der Waals surface area contributed by atoms with Crippen LogP contribution in [-0.2, 0) is 4.79 Å². The number of carbonyl (C=O) groups is 1. The van der Waals surface area contributed by atoms with Gasteiger partial charge < -0.3 is 20.1 Å². The second-order valence-corrected chi connectivity index (χ2v) is 4.26. The zero-order valence-corrected chi connectivity index (χ0v) is 13.1. The van der Waals surface area contributed by atoms with Gasteiger partial charge in [-0.1, -0.05) is 43.0 Å². The smallest absolute Gasteiger partial charge is 0.330 e. The highest BCUT2D eigenvalue weighted by Crippen LogP contribution is 2.19. The number of aliphatic hydroxyl groups excluding tert-OH is 2. The molecule has 0 atom stereocenters. The van der Waals surface area contributed by atoms with Gasteiger partial charge >= 0.3 is 5.97 Å². The maximum absolute atomic E-state index is 9.60. The van der Waals surface area contributed by atoms with E-state index in [1.54, 1.807) is 0 Å². The van der Waals surface area contributed by atoms with E-state index in [1.807, 2.05) is 60.7 Å². The number of hydrogen-bond acceptors (Lipinski definition) is 4. The molecule has 2 aromatic carbocycles. The van der Waals surface area contributed by atoms with E-state index in [1.165, 1.54) is 6.92 Å². The molecule has 0 fully saturated rings. The number of aliphatic hydroxyl groups is 2. The molecular formula is C18H22O5. The summed E-state index contributed by atoms with van der Waals surface area (Å²) in [6.45, 7) is 4.35. The van der Waals surface area contributed by atoms with Crippen molar-refractivity contribution < 1.29 is 24.9 Å². The Morgan fingerprint density at radius 2 is 1.22 bits per heavy atom. The summed E-state index contributed by atoms with van der Waals surface area (Å²) in [5, 5.41) is 23.1. The van der Waals surface area contributed by atoms with E-state index >= 15 is 0 Å². The summed E-state index contributed by atoms with van der Waals surface area (Å²) in [5.74, 6) is 0.803. The van der Waals surface area contributed by atoms with E-state index in [9.17, 15) is 4.79 Å². The predicted molar refractivity (Wildman–Crippen MR) is 89.6 cm³/mol. The highest BCUT2D eigenvalue weighted by atomic mass is 16.5. The first-order chi connectivity index (χ1) is 11.0. The van der Waals surface area contributed by atoms with Crippen LogP contribution in [0.15, 0.2) is 72.8 Å². The lowest BCUT2D eigenvalue weighted by Crippen LogP contribution is -1.92. The highest BCUT2D eigenvalue weighted by molar-refractivity contribution is 5.84. The molecule has 0 unspecified atom stereocenters. The van der Waals surface area contributed by atoms with Crippen molar-refractivity contribution in [2.24, 2.45) is 0 Å².